The molecule has 0 aliphatic carbocycles. The van der Waals surface area contributed by atoms with Crippen molar-refractivity contribution in [2.24, 2.45) is 0 Å². The lowest BCUT2D eigenvalue weighted by atomic mass is 10.1. The van der Waals surface area contributed by atoms with Crippen molar-refractivity contribution in [1.82, 2.24) is 5.32 Å². The second kappa shape index (κ2) is 12.0. The van der Waals surface area contributed by atoms with E-state index in [-0.39, 0.29) is 5.75 Å². The van der Waals surface area contributed by atoms with Gasteiger partial charge in [0.25, 0.3) is 0 Å². The van der Waals surface area contributed by atoms with Gasteiger partial charge in [-0.2, -0.15) is 0 Å². The number of aliphatic carboxylic acids is 1. The Morgan fingerprint density at radius 1 is 0.912 bits per heavy atom. The summed E-state index contributed by atoms with van der Waals surface area (Å²) in [5.41, 5.74) is -1.16. The summed E-state index contributed by atoms with van der Waals surface area (Å²) in [6, 6.07) is 1.67. The number of carbonyl (C=O) groups excluding carboxylic acids is 2. The van der Waals surface area contributed by atoms with E-state index in [0.717, 1.165) is 11.8 Å². The highest BCUT2D eigenvalue weighted by atomic mass is 32.2. The zero-order valence-corrected chi connectivity index (χ0v) is 22.0. The fourth-order valence-corrected chi connectivity index (χ4v) is 3.95. The Bertz CT molecular complexity index is 849. The van der Waals surface area contributed by atoms with Crippen molar-refractivity contribution in [2.45, 2.75) is 69.8 Å². The van der Waals surface area contributed by atoms with Crippen molar-refractivity contribution in [3.8, 4) is 17.2 Å². The van der Waals surface area contributed by atoms with Gasteiger partial charge in [0, 0.05) is 23.4 Å². The zero-order chi connectivity index (χ0) is 26.3. The molecule has 0 radical (unpaired) electrons. The van der Waals surface area contributed by atoms with Crippen LogP contribution in [0.2, 0.25) is 0 Å². The van der Waals surface area contributed by atoms with Crippen LogP contribution < -0.4 is 19.5 Å². The summed E-state index contributed by atoms with van der Waals surface area (Å²) < 4.78 is 26.8. The summed E-state index contributed by atoms with van der Waals surface area (Å²) >= 11 is 0.966. The molecule has 34 heavy (non-hydrogen) atoms. The molecule has 0 fully saturated rings. The molecule has 2 atom stereocenters. The van der Waals surface area contributed by atoms with E-state index in [9.17, 15) is 19.5 Å². The molecule has 0 aliphatic rings. The van der Waals surface area contributed by atoms with E-state index in [1.165, 1.54) is 21.3 Å². The number of carboxylic acid groups (broad SMARTS) is 1. The van der Waals surface area contributed by atoms with Crippen LogP contribution in [0.5, 0.6) is 17.2 Å². The average molecular weight is 502 g/mol. The van der Waals surface area contributed by atoms with Gasteiger partial charge in [-0.15, -0.1) is 11.8 Å². The van der Waals surface area contributed by atoms with Crippen LogP contribution in [0.15, 0.2) is 12.1 Å². The summed E-state index contributed by atoms with van der Waals surface area (Å²) in [6.07, 6.45) is -0.964. The van der Waals surface area contributed by atoms with Gasteiger partial charge >= 0.3 is 18.0 Å². The molecule has 1 rings (SSSR count). The van der Waals surface area contributed by atoms with E-state index in [2.05, 4.69) is 5.32 Å². The highest BCUT2D eigenvalue weighted by Gasteiger charge is 2.39. The summed E-state index contributed by atoms with van der Waals surface area (Å²) in [5.74, 6) is -0.742. The number of ether oxygens (including phenoxy) is 5. The number of carbonyl (C=O) groups is 3. The minimum atomic E-state index is -1.62. The van der Waals surface area contributed by atoms with E-state index in [4.69, 9.17) is 23.7 Å². The van der Waals surface area contributed by atoms with E-state index in [0.29, 0.717) is 22.8 Å². The molecule has 0 bridgehead atoms. The molecule has 192 valence electrons. The second-order valence-electron chi connectivity index (χ2n) is 9.24. The second-order valence-corrected chi connectivity index (χ2v) is 10.4. The molecule has 11 heteroatoms. The van der Waals surface area contributed by atoms with E-state index in [1.54, 1.807) is 53.7 Å². The van der Waals surface area contributed by atoms with E-state index >= 15 is 0 Å². The first-order chi connectivity index (χ1) is 15.6. The van der Waals surface area contributed by atoms with Gasteiger partial charge in [0.2, 0.25) is 0 Å². The minimum absolute atomic E-state index is 0.111. The highest BCUT2D eigenvalue weighted by Crippen LogP contribution is 2.38. The number of thioether (sulfide) groups is 1. The lowest BCUT2D eigenvalue weighted by Crippen LogP contribution is -2.52. The van der Waals surface area contributed by atoms with Crippen LogP contribution in [0.1, 0.15) is 47.1 Å². The number of rotatable bonds is 10. The van der Waals surface area contributed by atoms with Gasteiger partial charge in [-0.1, -0.05) is 0 Å². The summed E-state index contributed by atoms with van der Waals surface area (Å²) in [4.78, 5) is 37.4. The number of nitrogens with one attached hydrogen (secondary N) is 1. The van der Waals surface area contributed by atoms with Crippen molar-refractivity contribution in [3.63, 3.8) is 0 Å². The number of methoxy groups -OCH3 is 3. The molecule has 0 heterocycles. The number of alkyl carbamates (subject to hydrolysis) is 1. The van der Waals surface area contributed by atoms with Crippen molar-refractivity contribution in [2.75, 3.05) is 21.3 Å². The molecule has 2 unspecified atom stereocenters. The molecular weight excluding hydrogens is 466 g/mol. The third-order valence-corrected chi connectivity index (χ3v) is 5.38. The largest absolute Gasteiger partial charge is 0.496 e. The maximum Gasteiger partial charge on any atom is 0.408 e. The maximum absolute atomic E-state index is 13.0. The first-order valence-corrected chi connectivity index (χ1v) is 11.5. The maximum atomic E-state index is 13.0. The highest BCUT2D eigenvalue weighted by molar-refractivity contribution is 7.99. The predicted octanol–water partition coefficient (Wildman–Crippen LogP) is 3.63. The van der Waals surface area contributed by atoms with Gasteiger partial charge in [0.1, 0.15) is 33.7 Å². The van der Waals surface area contributed by atoms with Crippen LogP contribution in [0.4, 0.5) is 4.79 Å². The Morgan fingerprint density at radius 3 is 1.79 bits per heavy atom. The van der Waals surface area contributed by atoms with Crippen LogP contribution in [-0.2, 0) is 24.8 Å². The smallest absolute Gasteiger partial charge is 0.408 e. The topological polar surface area (TPSA) is 130 Å². The van der Waals surface area contributed by atoms with Crippen molar-refractivity contribution >= 4 is 29.8 Å². The van der Waals surface area contributed by atoms with Gasteiger partial charge in [-0.25, -0.2) is 9.59 Å². The van der Waals surface area contributed by atoms with Crippen LogP contribution in [0.25, 0.3) is 0 Å². The molecule has 0 saturated carbocycles. The molecule has 1 amide bonds. The molecule has 0 aromatic heterocycles. The number of carboxylic acids is 1. The van der Waals surface area contributed by atoms with Gasteiger partial charge in [-0.3, -0.25) is 4.79 Å². The SMILES string of the molecule is COc1cc(OC)c(CSC(C(=O)OC(C)(C)C)C(NC(=O)OC(C)(C)C)C(=O)O)c(OC)c1. The summed E-state index contributed by atoms with van der Waals surface area (Å²) in [5, 5.41) is 10.8. The Balaban J connectivity index is 3.33. The number of hydrogen-bond acceptors (Lipinski definition) is 9. The van der Waals surface area contributed by atoms with Crippen molar-refractivity contribution in [3.05, 3.63) is 17.7 Å². The third-order valence-electron chi connectivity index (χ3n) is 4.10. The minimum Gasteiger partial charge on any atom is -0.496 e. The van der Waals surface area contributed by atoms with Gasteiger partial charge in [0.05, 0.1) is 21.3 Å². The number of hydrogen-bond donors (Lipinski definition) is 2. The van der Waals surface area contributed by atoms with Gasteiger partial charge in [0.15, 0.2) is 6.04 Å². The lowest BCUT2D eigenvalue weighted by molar-refractivity contribution is -0.157. The lowest BCUT2D eigenvalue weighted by Gasteiger charge is -2.28. The van der Waals surface area contributed by atoms with Crippen molar-refractivity contribution < 1.29 is 43.2 Å². The predicted molar refractivity (Wildman–Crippen MR) is 128 cm³/mol. The number of esters is 1. The molecule has 2 N–H and O–H groups in total. The Kier molecular flexibility index (Phi) is 10.4. The zero-order valence-electron chi connectivity index (χ0n) is 21.1. The molecule has 0 spiro atoms. The van der Waals surface area contributed by atoms with Crippen LogP contribution >= 0.6 is 11.8 Å². The molecule has 1 aromatic carbocycles. The fourth-order valence-electron chi connectivity index (χ4n) is 2.75. The quantitative estimate of drug-likeness (QED) is 0.458. The van der Waals surface area contributed by atoms with E-state index < -0.39 is 40.5 Å². The third kappa shape index (κ3) is 9.20. The van der Waals surface area contributed by atoms with Gasteiger partial charge < -0.3 is 34.1 Å². The standard InChI is InChI=1S/C23H35NO9S/c1-22(2,3)32-20(27)18(17(19(25)26)24-21(28)33-23(4,5)6)34-12-14-15(30-8)10-13(29-7)11-16(14)31-9/h10-11,17-18H,12H2,1-9H3,(H,24,28)(H,25,26). The monoisotopic (exact) mass is 501 g/mol. The van der Waals surface area contributed by atoms with Crippen LogP contribution in [0.3, 0.4) is 0 Å². The average Bonchev–Trinajstić information content (AvgIpc) is 2.69. The Hall–Kier alpha value is -2.82. The van der Waals surface area contributed by atoms with Crippen LogP contribution in [0, 0.1) is 0 Å². The molecule has 0 saturated heterocycles. The fraction of sp³-hybridized carbons (Fsp3) is 0.609. The first kappa shape index (κ1) is 29.2. The molecule has 10 nitrogen and oxygen atoms in total. The number of benzene rings is 1. The molecule has 0 aliphatic heterocycles. The van der Waals surface area contributed by atoms with Gasteiger partial charge in [-0.05, 0) is 41.5 Å². The Labute approximate surface area is 204 Å². The Morgan fingerprint density at radius 2 is 1.41 bits per heavy atom. The van der Waals surface area contributed by atoms with E-state index in [1.807, 2.05) is 0 Å². The van der Waals surface area contributed by atoms with Crippen LogP contribution in [-0.4, -0.2) is 67.0 Å². The molecule has 1 aromatic rings. The van der Waals surface area contributed by atoms with Crippen molar-refractivity contribution in [1.29, 1.82) is 0 Å². The number of amides is 1. The normalized spacial score (nSPS) is 13.3. The summed E-state index contributed by atoms with van der Waals surface area (Å²) in [7, 11) is 4.44. The summed E-state index contributed by atoms with van der Waals surface area (Å²) in [6.45, 7) is 9.93. The first-order valence-electron chi connectivity index (χ1n) is 10.5. The molecular formula is C23H35NO9S.